The maximum Gasteiger partial charge on any atom is 0.324 e. The molecular weight excluding hydrogens is 600 g/mol. The molecule has 4 rings (SSSR count). The maximum atomic E-state index is 12.5. The Morgan fingerprint density at radius 3 is 0.804 bits per heavy atom. The number of hydrogen-bond donors (Lipinski definition) is 0. The van der Waals surface area contributed by atoms with Crippen molar-refractivity contribution in [2.24, 2.45) is 10.8 Å². The van der Waals surface area contributed by atoms with Crippen LogP contribution in [-0.4, -0.2) is 78.7 Å². The number of methoxy groups -OCH3 is 4. The zero-order chi connectivity index (χ0) is 34.1. The van der Waals surface area contributed by atoms with Crippen molar-refractivity contribution >= 4 is 23.9 Å². The number of fused-ring (bicyclic) bond motifs is 2. The molecule has 0 saturated carbocycles. The van der Waals surface area contributed by atoms with Gasteiger partial charge in [0, 0.05) is 47.9 Å². The van der Waals surface area contributed by atoms with Crippen molar-refractivity contribution in [1.29, 1.82) is 0 Å². The lowest BCUT2D eigenvalue weighted by atomic mass is 9.84. The summed E-state index contributed by atoms with van der Waals surface area (Å²) < 4.78 is 42.1. The third-order valence-electron chi connectivity index (χ3n) is 8.15. The first kappa shape index (κ1) is 36.0. The van der Waals surface area contributed by atoms with E-state index in [9.17, 15) is 19.2 Å². The maximum absolute atomic E-state index is 12.5. The first-order chi connectivity index (χ1) is 22.1. The number of esters is 4. The van der Waals surface area contributed by atoms with E-state index < -0.39 is 34.7 Å². The average molecular weight is 645 g/mol. The molecule has 0 fully saturated rings. The van der Waals surface area contributed by atoms with Crippen molar-refractivity contribution in [2.75, 3.05) is 54.9 Å². The summed E-state index contributed by atoms with van der Waals surface area (Å²) in [4.78, 5) is 50.2. The molecule has 2 aromatic rings. The van der Waals surface area contributed by atoms with E-state index in [1.54, 1.807) is 80.4 Å². The largest absolute Gasteiger partial charge is 0.496 e. The summed E-state index contributed by atoms with van der Waals surface area (Å²) in [6, 6.07) is 7.07. The Kier molecular flexibility index (Phi) is 12.3. The summed E-state index contributed by atoms with van der Waals surface area (Å²) in [6.45, 7) is 7.63. The van der Waals surface area contributed by atoms with Gasteiger partial charge in [0.2, 0.25) is 0 Å². The van der Waals surface area contributed by atoms with E-state index in [2.05, 4.69) is 0 Å². The molecule has 0 spiro atoms. The van der Waals surface area contributed by atoms with Gasteiger partial charge < -0.3 is 37.9 Å². The molecule has 2 aliphatic carbocycles. The lowest BCUT2D eigenvalue weighted by Crippen LogP contribution is -2.43. The number of carbonyl (C=O) groups is 4. The van der Waals surface area contributed by atoms with Gasteiger partial charge in [-0.25, -0.2) is 0 Å². The van der Waals surface area contributed by atoms with Gasteiger partial charge in [-0.2, -0.15) is 0 Å². The molecule has 252 valence electrons. The topological polar surface area (TPSA) is 142 Å². The van der Waals surface area contributed by atoms with Crippen LogP contribution in [0.2, 0.25) is 0 Å². The van der Waals surface area contributed by atoms with Crippen LogP contribution in [0.4, 0.5) is 0 Å². The molecule has 0 N–H and O–H groups in total. The minimum atomic E-state index is -1.38. The van der Waals surface area contributed by atoms with E-state index in [0.717, 1.165) is 22.3 Å². The second kappa shape index (κ2) is 15.7. The Morgan fingerprint density at radius 1 is 0.457 bits per heavy atom. The smallest absolute Gasteiger partial charge is 0.324 e. The summed E-state index contributed by atoms with van der Waals surface area (Å²) >= 11 is 0. The molecule has 46 heavy (non-hydrogen) atoms. The highest BCUT2D eigenvalue weighted by Gasteiger charge is 2.55. The number of rotatable bonds is 12. The first-order valence-electron chi connectivity index (χ1n) is 15.2. The van der Waals surface area contributed by atoms with Crippen molar-refractivity contribution in [1.82, 2.24) is 0 Å². The average Bonchev–Trinajstić information content (AvgIpc) is 3.67. The first-order valence-corrected chi connectivity index (χ1v) is 15.2. The molecule has 2 aliphatic rings. The monoisotopic (exact) mass is 644 g/mol. The van der Waals surface area contributed by atoms with E-state index in [-0.39, 0.29) is 52.1 Å². The fourth-order valence-electron chi connectivity index (χ4n) is 5.99. The standard InChI is InChI=1S/2C17H22O6/c2*1-5-22-15(18)17(16(19)23-6-2)9-11-12(10-17)14(21-4)8-7-13(11)20-3/h2*7-8H,5-6,9-10H2,1-4H3. The Hall–Kier alpha value is -4.48. The Balaban J connectivity index is 0.000000250. The number of ether oxygens (including phenoxy) is 8. The summed E-state index contributed by atoms with van der Waals surface area (Å²) in [5.74, 6) is 0.204. The van der Waals surface area contributed by atoms with Gasteiger partial charge in [0.15, 0.2) is 10.8 Å². The predicted molar refractivity (Wildman–Crippen MR) is 165 cm³/mol. The van der Waals surface area contributed by atoms with Gasteiger partial charge in [-0.05, 0) is 52.0 Å². The molecule has 12 nitrogen and oxygen atoms in total. The van der Waals surface area contributed by atoms with Gasteiger partial charge in [0.05, 0.1) is 54.9 Å². The van der Waals surface area contributed by atoms with Gasteiger partial charge in [-0.15, -0.1) is 0 Å². The third kappa shape index (κ3) is 6.70. The van der Waals surface area contributed by atoms with E-state index in [1.165, 1.54) is 0 Å². The predicted octanol–water partition coefficient (Wildman–Crippen LogP) is 3.83. The number of carbonyl (C=O) groups excluding carboxylic acids is 4. The molecule has 0 aromatic heterocycles. The van der Waals surface area contributed by atoms with E-state index in [1.807, 2.05) is 0 Å². The summed E-state index contributed by atoms with van der Waals surface area (Å²) in [7, 11) is 6.21. The van der Waals surface area contributed by atoms with Crippen molar-refractivity contribution in [3.63, 3.8) is 0 Å². The van der Waals surface area contributed by atoms with Crippen LogP contribution in [0, 0.1) is 10.8 Å². The molecule has 0 amide bonds. The third-order valence-corrected chi connectivity index (χ3v) is 8.15. The second-order valence-electron chi connectivity index (χ2n) is 10.6. The summed E-state index contributed by atoms with van der Waals surface area (Å²) in [6.07, 6.45) is 0.724. The molecule has 0 bridgehead atoms. The zero-order valence-electron chi connectivity index (χ0n) is 27.9. The van der Waals surface area contributed by atoms with Crippen LogP contribution in [-0.2, 0) is 63.8 Å². The molecule has 0 heterocycles. The SMILES string of the molecule is CCOC(=O)C1(C(=O)OCC)Cc2c(OC)ccc(OC)c2C1.CCOC(=O)C1(C(=O)OCC)Cc2c(OC)ccc(OC)c2C1. The van der Waals surface area contributed by atoms with E-state index in [4.69, 9.17) is 37.9 Å². The van der Waals surface area contributed by atoms with Crippen LogP contribution in [0.3, 0.4) is 0 Å². The van der Waals surface area contributed by atoms with Crippen LogP contribution >= 0.6 is 0 Å². The van der Waals surface area contributed by atoms with Gasteiger partial charge in [0.1, 0.15) is 23.0 Å². The van der Waals surface area contributed by atoms with Gasteiger partial charge in [-0.1, -0.05) is 0 Å². The molecule has 0 unspecified atom stereocenters. The quantitative estimate of drug-likeness (QED) is 0.188. The van der Waals surface area contributed by atoms with Crippen LogP contribution in [0.1, 0.15) is 49.9 Å². The molecule has 0 atom stereocenters. The highest BCUT2D eigenvalue weighted by molar-refractivity contribution is 6.02. The molecule has 12 heteroatoms. The van der Waals surface area contributed by atoms with Gasteiger partial charge in [0.25, 0.3) is 0 Å². The van der Waals surface area contributed by atoms with Crippen molar-refractivity contribution in [3.8, 4) is 23.0 Å². The van der Waals surface area contributed by atoms with Crippen LogP contribution < -0.4 is 18.9 Å². The van der Waals surface area contributed by atoms with Crippen LogP contribution in [0.15, 0.2) is 24.3 Å². The van der Waals surface area contributed by atoms with E-state index in [0.29, 0.717) is 23.0 Å². The highest BCUT2D eigenvalue weighted by Crippen LogP contribution is 2.48. The minimum Gasteiger partial charge on any atom is -0.496 e. The summed E-state index contributed by atoms with van der Waals surface area (Å²) in [5, 5.41) is 0. The van der Waals surface area contributed by atoms with Gasteiger partial charge >= 0.3 is 23.9 Å². The molecular formula is C34H44O12. The van der Waals surface area contributed by atoms with Gasteiger partial charge in [-0.3, -0.25) is 19.2 Å². The number of benzene rings is 2. The van der Waals surface area contributed by atoms with Crippen molar-refractivity contribution in [3.05, 3.63) is 46.5 Å². The number of hydrogen-bond acceptors (Lipinski definition) is 12. The Labute approximate surface area is 269 Å². The van der Waals surface area contributed by atoms with Crippen molar-refractivity contribution < 1.29 is 57.1 Å². The lowest BCUT2D eigenvalue weighted by Gasteiger charge is -2.24. The molecule has 0 saturated heterocycles. The highest BCUT2D eigenvalue weighted by atomic mass is 16.6. The molecule has 2 aromatic carbocycles. The van der Waals surface area contributed by atoms with Crippen molar-refractivity contribution in [2.45, 2.75) is 53.4 Å². The Morgan fingerprint density at radius 2 is 0.652 bits per heavy atom. The fraction of sp³-hybridized carbons (Fsp3) is 0.529. The normalized spacial score (nSPS) is 14.8. The summed E-state index contributed by atoms with van der Waals surface area (Å²) in [5.41, 5.74) is 0.383. The van der Waals surface area contributed by atoms with E-state index >= 15 is 0 Å². The minimum absolute atomic E-state index is 0.181. The zero-order valence-corrected chi connectivity index (χ0v) is 27.9. The van der Waals surface area contributed by atoms with Crippen LogP contribution in [0.5, 0.6) is 23.0 Å². The fourth-order valence-corrected chi connectivity index (χ4v) is 5.99. The molecule has 0 aliphatic heterocycles. The Bertz CT molecular complexity index is 1220. The molecule has 0 radical (unpaired) electrons. The second-order valence-corrected chi connectivity index (χ2v) is 10.6. The lowest BCUT2D eigenvalue weighted by molar-refractivity contribution is -0.173. The van der Waals surface area contributed by atoms with Crippen LogP contribution in [0.25, 0.3) is 0 Å².